The van der Waals surface area contributed by atoms with E-state index in [-0.39, 0.29) is 25.2 Å². The van der Waals surface area contributed by atoms with Gasteiger partial charge in [-0.1, -0.05) is 30.3 Å². The number of ether oxygens (including phenoxy) is 2. The van der Waals surface area contributed by atoms with Gasteiger partial charge in [-0.25, -0.2) is 4.79 Å². The highest BCUT2D eigenvalue weighted by Crippen LogP contribution is 2.35. The summed E-state index contributed by atoms with van der Waals surface area (Å²) in [7, 11) is 0. The Bertz CT molecular complexity index is 423. The molecule has 0 saturated carbocycles. The third-order valence-electron chi connectivity index (χ3n) is 2.31. The smallest absolute Gasteiger partial charge is 0.380 e. The summed E-state index contributed by atoms with van der Waals surface area (Å²) in [4.78, 5) is 19.7. The number of halogens is 2. The molecule has 0 aliphatic heterocycles. The van der Waals surface area contributed by atoms with Gasteiger partial charge in [0.05, 0.1) is 6.61 Å². The molecule has 0 aliphatic rings. The van der Waals surface area contributed by atoms with E-state index in [1.165, 1.54) is 19.1 Å². The topological polar surface area (TPSA) is 72.8 Å². The average molecular weight is 304 g/mol. The Balaban J connectivity index is 0.00000122. The van der Waals surface area contributed by atoms with Crippen molar-refractivity contribution in [1.82, 2.24) is 0 Å². The molecule has 1 aromatic rings. The first-order chi connectivity index (χ1) is 9.95. The van der Waals surface area contributed by atoms with Crippen LogP contribution in [0.3, 0.4) is 0 Å². The van der Waals surface area contributed by atoms with E-state index in [1.54, 1.807) is 25.1 Å². The zero-order chi connectivity index (χ0) is 16.3. The lowest BCUT2D eigenvalue weighted by Crippen LogP contribution is -2.38. The summed E-state index contributed by atoms with van der Waals surface area (Å²) in [6.07, 6.45) is -1.62. The van der Waals surface area contributed by atoms with Crippen LogP contribution in [0.2, 0.25) is 0 Å². The van der Waals surface area contributed by atoms with Crippen LogP contribution in [0.4, 0.5) is 8.78 Å². The number of esters is 1. The van der Waals surface area contributed by atoms with Crippen molar-refractivity contribution in [2.45, 2.75) is 25.9 Å². The summed E-state index contributed by atoms with van der Waals surface area (Å²) in [6, 6.07) is 7.92. The molecule has 21 heavy (non-hydrogen) atoms. The molecule has 0 aliphatic carbocycles. The van der Waals surface area contributed by atoms with Gasteiger partial charge in [0, 0.05) is 6.61 Å². The van der Waals surface area contributed by atoms with Crippen molar-refractivity contribution in [1.29, 1.82) is 0 Å². The molecule has 1 atom stereocenters. The van der Waals surface area contributed by atoms with E-state index in [0.717, 1.165) is 0 Å². The number of carbonyl (C=O) groups is 2. The molecule has 0 spiro atoms. The third-order valence-corrected chi connectivity index (χ3v) is 2.31. The first kappa shape index (κ1) is 19.0. The van der Waals surface area contributed by atoms with E-state index in [9.17, 15) is 13.6 Å². The molecule has 118 valence electrons. The van der Waals surface area contributed by atoms with E-state index in [1.807, 2.05) is 0 Å². The fourth-order valence-corrected chi connectivity index (χ4v) is 1.54. The quantitative estimate of drug-likeness (QED) is 0.646. The van der Waals surface area contributed by atoms with Crippen molar-refractivity contribution >= 4 is 12.4 Å². The largest absolute Gasteiger partial charge is 0.483 e. The molecule has 7 heteroatoms. The minimum atomic E-state index is -3.70. The number of carbonyl (C=O) groups excluding carboxylic acids is 1. The normalized spacial score (nSPS) is 11.8. The van der Waals surface area contributed by atoms with Gasteiger partial charge in [0.25, 0.3) is 6.47 Å². The van der Waals surface area contributed by atoms with Gasteiger partial charge < -0.3 is 14.6 Å². The SMILES string of the molecule is CCOC(=O)C(F)(F)C(OCC)c1ccccc1.O=CO. The number of rotatable bonds is 6. The molecule has 1 aromatic carbocycles. The summed E-state index contributed by atoms with van der Waals surface area (Å²) in [5, 5.41) is 6.89. The number of alkyl halides is 2. The molecule has 1 unspecified atom stereocenters. The Labute approximate surface area is 121 Å². The van der Waals surface area contributed by atoms with Gasteiger partial charge in [0.1, 0.15) is 0 Å². The zero-order valence-electron chi connectivity index (χ0n) is 11.8. The van der Waals surface area contributed by atoms with E-state index < -0.39 is 18.0 Å². The molecule has 0 saturated heterocycles. The summed E-state index contributed by atoms with van der Waals surface area (Å²) >= 11 is 0. The second-order valence-corrected chi connectivity index (χ2v) is 3.69. The maximum atomic E-state index is 13.9. The van der Waals surface area contributed by atoms with Gasteiger partial charge in [-0.15, -0.1) is 0 Å². The van der Waals surface area contributed by atoms with Crippen LogP contribution in [0.25, 0.3) is 0 Å². The first-order valence-corrected chi connectivity index (χ1v) is 6.25. The van der Waals surface area contributed by atoms with Crippen molar-refractivity contribution in [2.75, 3.05) is 13.2 Å². The number of benzene rings is 1. The first-order valence-electron chi connectivity index (χ1n) is 6.25. The van der Waals surface area contributed by atoms with Crippen LogP contribution in [0.1, 0.15) is 25.5 Å². The fourth-order valence-electron chi connectivity index (χ4n) is 1.54. The molecular weight excluding hydrogens is 286 g/mol. The van der Waals surface area contributed by atoms with Gasteiger partial charge in [0.15, 0.2) is 6.10 Å². The molecular formula is C14H18F2O5. The second-order valence-electron chi connectivity index (χ2n) is 3.69. The highest BCUT2D eigenvalue weighted by atomic mass is 19.3. The van der Waals surface area contributed by atoms with Gasteiger partial charge in [-0.3, -0.25) is 4.79 Å². The van der Waals surface area contributed by atoms with Crippen LogP contribution >= 0.6 is 0 Å². The summed E-state index contributed by atoms with van der Waals surface area (Å²) in [5.74, 6) is -5.26. The maximum absolute atomic E-state index is 13.9. The van der Waals surface area contributed by atoms with Crippen molar-refractivity contribution in [3.8, 4) is 0 Å². The molecule has 1 rings (SSSR count). The Morgan fingerprint density at radius 1 is 1.29 bits per heavy atom. The van der Waals surface area contributed by atoms with E-state index >= 15 is 0 Å². The van der Waals surface area contributed by atoms with Crippen LogP contribution < -0.4 is 0 Å². The Hall–Kier alpha value is -2.02. The molecule has 1 N–H and O–H groups in total. The minimum Gasteiger partial charge on any atom is -0.483 e. The van der Waals surface area contributed by atoms with E-state index in [0.29, 0.717) is 0 Å². The van der Waals surface area contributed by atoms with Gasteiger partial charge in [-0.05, 0) is 19.4 Å². The Morgan fingerprint density at radius 2 is 1.81 bits per heavy atom. The van der Waals surface area contributed by atoms with Gasteiger partial charge in [-0.2, -0.15) is 8.78 Å². The van der Waals surface area contributed by atoms with Crippen molar-refractivity contribution in [3.63, 3.8) is 0 Å². The molecule has 0 amide bonds. The molecule has 0 aromatic heterocycles. The number of hydrogen-bond acceptors (Lipinski definition) is 4. The lowest BCUT2D eigenvalue weighted by atomic mass is 10.0. The van der Waals surface area contributed by atoms with E-state index in [2.05, 4.69) is 4.74 Å². The second kappa shape index (κ2) is 9.82. The lowest BCUT2D eigenvalue weighted by Gasteiger charge is -2.25. The van der Waals surface area contributed by atoms with Crippen LogP contribution in [-0.2, 0) is 19.1 Å². The zero-order valence-corrected chi connectivity index (χ0v) is 11.8. The Morgan fingerprint density at radius 3 is 2.24 bits per heavy atom. The van der Waals surface area contributed by atoms with Gasteiger partial charge in [0.2, 0.25) is 0 Å². The third kappa shape index (κ3) is 5.86. The lowest BCUT2D eigenvalue weighted by molar-refractivity contribution is -0.195. The number of carboxylic acid groups (broad SMARTS) is 1. The molecule has 0 radical (unpaired) electrons. The standard InChI is InChI=1S/C13H16F2O3.CH2O2/c1-3-17-11(10-8-6-5-7-9-10)13(14,15)12(16)18-4-2;2-1-3/h5-9,11H,3-4H2,1-2H3;1H,(H,2,3). The molecule has 5 nitrogen and oxygen atoms in total. The highest BCUT2D eigenvalue weighted by Gasteiger charge is 2.50. The van der Waals surface area contributed by atoms with E-state index in [4.69, 9.17) is 14.6 Å². The summed E-state index contributed by atoms with van der Waals surface area (Å²) in [5.41, 5.74) is 0.248. The van der Waals surface area contributed by atoms with Crippen molar-refractivity contribution < 1.29 is 33.0 Å². The van der Waals surface area contributed by atoms with Crippen LogP contribution in [0.15, 0.2) is 30.3 Å². The monoisotopic (exact) mass is 304 g/mol. The molecule has 0 fully saturated rings. The maximum Gasteiger partial charge on any atom is 0.380 e. The molecule has 0 heterocycles. The predicted octanol–water partition coefficient (Wildman–Crippen LogP) is 2.66. The summed E-state index contributed by atoms with van der Waals surface area (Å²) in [6.45, 7) is 2.81. The number of hydrogen-bond donors (Lipinski definition) is 1. The van der Waals surface area contributed by atoms with Crippen LogP contribution in [-0.4, -0.2) is 36.7 Å². The minimum absolute atomic E-state index is 0.0779. The molecule has 0 bridgehead atoms. The van der Waals surface area contributed by atoms with Crippen LogP contribution in [0, 0.1) is 0 Å². The van der Waals surface area contributed by atoms with Crippen molar-refractivity contribution in [3.05, 3.63) is 35.9 Å². The van der Waals surface area contributed by atoms with Gasteiger partial charge >= 0.3 is 11.9 Å². The van der Waals surface area contributed by atoms with Crippen LogP contribution in [0.5, 0.6) is 0 Å². The predicted molar refractivity (Wildman–Crippen MR) is 71.1 cm³/mol. The summed E-state index contributed by atoms with van der Waals surface area (Å²) < 4.78 is 37.3. The van der Waals surface area contributed by atoms with Crippen molar-refractivity contribution in [2.24, 2.45) is 0 Å². The average Bonchev–Trinajstić information content (AvgIpc) is 2.46. The fraction of sp³-hybridized carbons (Fsp3) is 0.429. The Kier molecular flexibility index (Phi) is 8.87. The highest BCUT2D eigenvalue weighted by molar-refractivity contribution is 5.78.